The van der Waals surface area contributed by atoms with Gasteiger partial charge in [0, 0.05) is 51.8 Å². The number of nitrogens with one attached hydrogen (secondary N) is 1. The normalized spacial score (nSPS) is 17.1. The Bertz CT molecular complexity index is 682. The van der Waals surface area contributed by atoms with Crippen LogP contribution in [-0.2, 0) is 13.0 Å². The molecule has 1 aromatic carbocycles. The highest BCUT2D eigenvalue weighted by Gasteiger charge is 2.20. The van der Waals surface area contributed by atoms with Crippen molar-refractivity contribution in [2.45, 2.75) is 26.0 Å². The van der Waals surface area contributed by atoms with E-state index in [0.717, 1.165) is 56.5 Å². The Morgan fingerprint density at radius 2 is 2.00 bits per heavy atom. The first-order chi connectivity index (χ1) is 13.2. The summed E-state index contributed by atoms with van der Waals surface area (Å²) in [4.78, 5) is 9.29. The van der Waals surface area contributed by atoms with Crippen LogP contribution in [0.2, 0.25) is 0 Å². The number of aromatic nitrogens is 1. The molecule has 0 spiro atoms. The second kappa shape index (κ2) is 10.1. The molecule has 0 aliphatic carbocycles. The van der Waals surface area contributed by atoms with Crippen molar-refractivity contribution in [3.8, 4) is 0 Å². The summed E-state index contributed by atoms with van der Waals surface area (Å²) in [5.41, 5.74) is 2.10. The number of aliphatic imine (C=N–C) groups is 1. The number of guanidine groups is 1. The molecule has 7 heteroatoms. The minimum atomic E-state index is -0.477. The third-order valence-electron chi connectivity index (χ3n) is 4.65. The van der Waals surface area contributed by atoms with Gasteiger partial charge in [0.15, 0.2) is 5.96 Å². The average Bonchev–Trinajstić information content (AvgIpc) is 3.20. The van der Waals surface area contributed by atoms with Gasteiger partial charge in [-0.1, -0.05) is 35.5 Å². The van der Waals surface area contributed by atoms with Gasteiger partial charge in [-0.2, -0.15) is 0 Å². The summed E-state index contributed by atoms with van der Waals surface area (Å²) < 4.78 is 4.90. The van der Waals surface area contributed by atoms with Gasteiger partial charge < -0.3 is 19.8 Å². The monoisotopic (exact) mass is 371 g/mol. The third kappa shape index (κ3) is 6.08. The van der Waals surface area contributed by atoms with Crippen LogP contribution < -0.4 is 5.32 Å². The summed E-state index contributed by atoms with van der Waals surface area (Å²) in [5, 5.41) is 17.7. The summed E-state index contributed by atoms with van der Waals surface area (Å²) in [6.45, 7) is 7.79. The molecule has 1 unspecified atom stereocenters. The lowest BCUT2D eigenvalue weighted by molar-refractivity contribution is 0.166. The van der Waals surface area contributed by atoms with Crippen molar-refractivity contribution < 1.29 is 9.63 Å². The van der Waals surface area contributed by atoms with E-state index in [1.807, 2.05) is 36.4 Å². The van der Waals surface area contributed by atoms with Crippen molar-refractivity contribution in [2.75, 3.05) is 39.3 Å². The molecular formula is C20H29N5O2. The molecule has 2 N–H and O–H groups in total. The molecule has 0 saturated carbocycles. The van der Waals surface area contributed by atoms with Gasteiger partial charge in [0.05, 0.1) is 18.3 Å². The first-order valence-corrected chi connectivity index (χ1v) is 9.61. The first kappa shape index (κ1) is 19.4. The van der Waals surface area contributed by atoms with E-state index in [4.69, 9.17) is 4.52 Å². The fourth-order valence-electron chi connectivity index (χ4n) is 3.23. The number of benzene rings is 1. The van der Waals surface area contributed by atoms with Crippen molar-refractivity contribution in [3.05, 3.63) is 53.9 Å². The van der Waals surface area contributed by atoms with Crippen LogP contribution in [-0.4, -0.2) is 71.4 Å². The van der Waals surface area contributed by atoms with E-state index in [1.165, 1.54) is 0 Å². The smallest absolute Gasteiger partial charge is 0.194 e. The molecule has 1 atom stereocenters. The summed E-state index contributed by atoms with van der Waals surface area (Å²) in [5.74, 6) is 0.880. The van der Waals surface area contributed by atoms with Gasteiger partial charge >= 0.3 is 0 Å². The molecule has 1 saturated heterocycles. The molecule has 1 aliphatic heterocycles. The molecule has 146 valence electrons. The minimum absolute atomic E-state index is 0.399. The molecule has 7 nitrogen and oxygen atoms in total. The predicted octanol–water partition coefficient (Wildman–Crippen LogP) is 1.36. The van der Waals surface area contributed by atoms with Gasteiger partial charge in [-0.25, -0.2) is 0 Å². The third-order valence-corrected chi connectivity index (χ3v) is 4.65. The van der Waals surface area contributed by atoms with Gasteiger partial charge in [-0.15, -0.1) is 0 Å². The van der Waals surface area contributed by atoms with E-state index in [-0.39, 0.29) is 0 Å². The lowest BCUT2D eigenvalue weighted by atomic mass is 10.1. The maximum absolute atomic E-state index is 10.3. The van der Waals surface area contributed by atoms with Crippen LogP contribution in [0.5, 0.6) is 0 Å². The molecule has 1 aliphatic rings. The van der Waals surface area contributed by atoms with Gasteiger partial charge in [-0.05, 0) is 12.5 Å². The van der Waals surface area contributed by atoms with E-state index >= 15 is 0 Å². The second-order valence-corrected chi connectivity index (χ2v) is 6.79. The van der Waals surface area contributed by atoms with E-state index in [1.54, 1.807) is 6.26 Å². The highest BCUT2D eigenvalue weighted by Crippen LogP contribution is 2.08. The SMILES string of the molecule is CCNC(=NCC(O)Cc1ccccc1)N1CCN(Cc2ccon2)CC1. The Morgan fingerprint density at radius 1 is 1.22 bits per heavy atom. The van der Waals surface area contributed by atoms with Crippen LogP contribution >= 0.6 is 0 Å². The molecule has 2 heterocycles. The summed E-state index contributed by atoms with van der Waals surface area (Å²) in [6.07, 6.45) is 1.76. The van der Waals surface area contributed by atoms with Gasteiger partial charge in [0.1, 0.15) is 6.26 Å². The zero-order valence-electron chi connectivity index (χ0n) is 15.9. The number of piperazine rings is 1. The summed E-state index contributed by atoms with van der Waals surface area (Å²) in [6, 6.07) is 12.0. The van der Waals surface area contributed by atoms with E-state index in [2.05, 4.69) is 32.2 Å². The number of aliphatic hydroxyl groups excluding tert-OH is 1. The second-order valence-electron chi connectivity index (χ2n) is 6.79. The number of aliphatic hydroxyl groups is 1. The van der Waals surface area contributed by atoms with Crippen molar-refractivity contribution in [3.63, 3.8) is 0 Å². The van der Waals surface area contributed by atoms with Crippen molar-refractivity contribution in [1.29, 1.82) is 0 Å². The maximum Gasteiger partial charge on any atom is 0.194 e. The van der Waals surface area contributed by atoms with E-state index in [9.17, 15) is 5.11 Å². The fourth-order valence-corrected chi connectivity index (χ4v) is 3.23. The molecule has 27 heavy (non-hydrogen) atoms. The molecule has 1 aromatic heterocycles. The Labute approximate surface area is 160 Å². The standard InChI is InChI=1S/C20H29N5O2/c1-2-21-20(22-15-19(26)14-17-6-4-3-5-7-17)25-11-9-24(10-12-25)16-18-8-13-27-23-18/h3-8,13,19,26H,2,9-12,14-16H2,1H3,(H,21,22). The summed E-state index contributed by atoms with van der Waals surface area (Å²) in [7, 11) is 0. The summed E-state index contributed by atoms with van der Waals surface area (Å²) >= 11 is 0. The average molecular weight is 371 g/mol. The maximum atomic E-state index is 10.3. The molecule has 3 rings (SSSR count). The number of nitrogens with zero attached hydrogens (tertiary/aromatic N) is 4. The first-order valence-electron chi connectivity index (χ1n) is 9.61. The molecule has 0 radical (unpaired) electrons. The molecule has 1 fully saturated rings. The largest absolute Gasteiger partial charge is 0.391 e. The van der Waals surface area contributed by atoms with Crippen molar-refractivity contribution >= 4 is 5.96 Å². The van der Waals surface area contributed by atoms with Crippen LogP contribution in [0, 0.1) is 0 Å². The van der Waals surface area contributed by atoms with Crippen LogP contribution in [0.15, 0.2) is 52.2 Å². The zero-order valence-corrected chi connectivity index (χ0v) is 15.9. The van der Waals surface area contributed by atoms with Crippen LogP contribution in [0.3, 0.4) is 0 Å². The highest BCUT2D eigenvalue weighted by atomic mass is 16.5. The Balaban J connectivity index is 1.50. The van der Waals surface area contributed by atoms with E-state index < -0.39 is 6.10 Å². The topological polar surface area (TPSA) is 77.1 Å². The van der Waals surface area contributed by atoms with Gasteiger partial charge in [0.25, 0.3) is 0 Å². The Kier molecular flexibility index (Phi) is 7.24. The van der Waals surface area contributed by atoms with Crippen LogP contribution in [0.1, 0.15) is 18.2 Å². The number of hydrogen-bond donors (Lipinski definition) is 2. The minimum Gasteiger partial charge on any atom is -0.391 e. The highest BCUT2D eigenvalue weighted by molar-refractivity contribution is 5.80. The molecule has 2 aromatic rings. The fraction of sp³-hybridized carbons (Fsp3) is 0.500. The van der Waals surface area contributed by atoms with Crippen molar-refractivity contribution in [1.82, 2.24) is 20.3 Å². The lowest BCUT2D eigenvalue weighted by Crippen LogP contribution is -2.52. The Hall–Kier alpha value is -2.38. The van der Waals surface area contributed by atoms with Crippen molar-refractivity contribution in [2.24, 2.45) is 4.99 Å². The zero-order chi connectivity index (χ0) is 18.9. The van der Waals surface area contributed by atoms with Crippen LogP contribution in [0.25, 0.3) is 0 Å². The molecule has 0 amide bonds. The van der Waals surface area contributed by atoms with Gasteiger partial charge in [-0.3, -0.25) is 9.89 Å². The molecule has 0 bridgehead atoms. The van der Waals surface area contributed by atoms with E-state index in [0.29, 0.717) is 13.0 Å². The predicted molar refractivity (Wildman–Crippen MR) is 105 cm³/mol. The number of rotatable bonds is 7. The van der Waals surface area contributed by atoms with Crippen LogP contribution in [0.4, 0.5) is 0 Å². The molecular weight excluding hydrogens is 342 g/mol. The lowest BCUT2D eigenvalue weighted by Gasteiger charge is -2.36. The number of hydrogen-bond acceptors (Lipinski definition) is 5. The Morgan fingerprint density at radius 3 is 2.67 bits per heavy atom. The van der Waals surface area contributed by atoms with Gasteiger partial charge in [0.2, 0.25) is 0 Å². The quantitative estimate of drug-likeness (QED) is 0.565.